The van der Waals surface area contributed by atoms with Gasteiger partial charge in [0, 0.05) is 24.1 Å². The van der Waals surface area contributed by atoms with Crippen molar-refractivity contribution in [2.45, 2.75) is 0 Å². The number of anilines is 2. The molecule has 98 valence electrons. The molecule has 0 aliphatic rings. The second-order valence-corrected chi connectivity index (χ2v) is 3.68. The number of nitrogens with one attached hydrogen (secondary N) is 2. The van der Waals surface area contributed by atoms with E-state index in [0.29, 0.717) is 11.8 Å². The van der Waals surface area contributed by atoms with Crippen molar-refractivity contribution >= 4 is 17.3 Å². The number of carbonyl (C=O) groups excluding carboxylic acids is 1. The van der Waals surface area contributed by atoms with Crippen molar-refractivity contribution < 1.29 is 13.6 Å². The molecule has 7 heteroatoms. The Hall–Kier alpha value is -2.54. The molecule has 1 aromatic carbocycles. The molecule has 19 heavy (non-hydrogen) atoms. The highest BCUT2D eigenvalue weighted by Crippen LogP contribution is 2.17. The van der Waals surface area contributed by atoms with Crippen LogP contribution in [0.25, 0.3) is 0 Å². The van der Waals surface area contributed by atoms with Crippen LogP contribution in [-0.4, -0.2) is 10.9 Å². The largest absolute Gasteiger partial charge is 0.323 e. The zero-order valence-corrected chi connectivity index (χ0v) is 9.65. The number of carbonyl (C=O) groups is 1. The molecular weight excluding hydrogens is 254 g/mol. The lowest BCUT2D eigenvalue weighted by atomic mass is 10.2. The molecule has 0 aliphatic heterocycles. The van der Waals surface area contributed by atoms with Crippen molar-refractivity contribution in [3.63, 3.8) is 0 Å². The highest BCUT2D eigenvalue weighted by molar-refractivity contribution is 6.07. The normalized spacial score (nSPS) is 10.1. The van der Waals surface area contributed by atoms with Crippen LogP contribution in [0.1, 0.15) is 10.4 Å². The highest BCUT2D eigenvalue weighted by atomic mass is 19.1. The lowest BCUT2D eigenvalue weighted by Crippen LogP contribution is -2.17. The third-order valence-electron chi connectivity index (χ3n) is 2.34. The summed E-state index contributed by atoms with van der Waals surface area (Å²) in [4.78, 5) is 15.7. The van der Waals surface area contributed by atoms with Crippen LogP contribution in [0.2, 0.25) is 0 Å². The summed E-state index contributed by atoms with van der Waals surface area (Å²) in [6.45, 7) is 0. The summed E-state index contributed by atoms with van der Waals surface area (Å²) in [7, 11) is 0. The van der Waals surface area contributed by atoms with Crippen molar-refractivity contribution in [3.8, 4) is 0 Å². The van der Waals surface area contributed by atoms with Gasteiger partial charge in [-0.3, -0.25) is 15.6 Å². The number of amides is 1. The number of hydrogen-bond donors (Lipinski definition) is 3. The first kappa shape index (κ1) is 12.9. The van der Waals surface area contributed by atoms with Gasteiger partial charge in [-0.05, 0) is 18.2 Å². The van der Waals surface area contributed by atoms with Crippen molar-refractivity contribution in [2.75, 3.05) is 10.7 Å². The third-order valence-corrected chi connectivity index (χ3v) is 2.34. The van der Waals surface area contributed by atoms with E-state index in [1.165, 1.54) is 18.5 Å². The highest BCUT2D eigenvalue weighted by Gasteiger charge is 2.12. The number of rotatable bonds is 3. The molecule has 1 aromatic heterocycles. The molecule has 0 bridgehead atoms. The average Bonchev–Trinajstić information content (AvgIpc) is 2.37. The predicted octanol–water partition coefficient (Wildman–Crippen LogP) is 1.90. The Morgan fingerprint density at radius 1 is 1.21 bits per heavy atom. The van der Waals surface area contributed by atoms with Crippen LogP contribution >= 0.6 is 0 Å². The van der Waals surface area contributed by atoms with Gasteiger partial charge in [-0.15, -0.1) is 0 Å². The molecule has 0 spiro atoms. The van der Waals surface area contributed by atoms with Crippen molar-refractivity contribution in [3.05, 3.63) is 53.9 Å². The molecule has 1 heterocycles. The quantitative estimate of drug-likeness (QED) is 0.584. The minimum atomic E-state index is -0.779. The number of halogens is 2. The van der Waals surface area contributed by atoms with E-state index in [-0.39, 0.29) is 11.3 Å². The van der Waals surface area contributed by atoms with Crippen LogP contribution in [0.4, 0.5) is 20.2 Å². The maximum Gasteiger partial charge on any atom is 0.259 e. The van der Waals surface area contributed by atoms with Gasteiger partial charge in [-0.1, -0.05) is 0 Å². The molecule has 4 N–H and O–H groups in total. The van der Waals surface area contributed by atoms with Gasteiger partial charge >= 0.3 is 0 Å². The molecular formula is C12H10F2N4O. The molecule has 2 aromatic rings. The van der Waals surface area contributed by atoms with Crippen LogP contribution in [-0.2, 0) is 0 Å². The third kappa shape index (κ3) is 3.02. The van der Waals surface area contributed by atoms with Gasteiger partial charge in [0.25, 0.3) is 5.91 Å². The van der Waals surface area contributed by atoms with Crippen LogP contribution in [0.3, 0.4) is 0 Å². The number of pyridine rings is 1. The van der Waals surface area contributed by atoms with Crippen LogP contribution in [0, 0.1) is 11.6 Å². The van der Waals surface area contributed by atoms with E-state index >= 15 is 0 Å². The second kappa shape index (κ2) is 5.40. The molecule has 0 aliphatic carbocycles. The first-order valence-electron chi connectivity index (χ1n) is 5.28. The number of nitrogen functional groups attached to an aromatic ring is 1. The molecule has 0 saturated carbocycles. The first-order valence-corrected chi connectivity index (χ1v) is 5.28. The molecule has 0 fully saturated rings. The molecule has 0 saturated heterocycles. The van der Waals surface area contributed by atoms with E-state index in [9.17, 15) is 13.6 Å². The Morgan fingerprint density at radius 2 is 1.89 bits per heavy atom. The van der Waals surface area contributed by atoms with Crippen LogP contribution in [0.5, 0.6) is 0 Å². The summed E-state index contributed by atoms with van der Waals surface area (Å²) in [5.74, 6) is 3.12. The van der Waals surface area contributed by atoms with Crippen LogP contribution in [0.15, 0.2) is 36.7 Å². The zero-order chi connectivity index (χ0) is 13.8. The fraction of sp³-hybridized carbons (Fsp3) is 0. The monoisotopic (exact) mass is 264 g/mol. The molecule has 1 amide bonds. The molecule has 2 rings (SSSR count). The summed E-state index contributed by atoms with van der Waals surface area (Å²) in [6.07, 6.45) is 2.74. The zero-order valence-electron chi connectivity index (χ0n) is 9.65. The summed E-state index contributed by atoms with van der Waals surface area (Å²) in [6, 6.07) is 4.23. The van der Waals surface area contributed by atoms with E-state index in [4.69, 9.17) is 5.84 Å². The van der Waals surface area contributed by atoms with Gasteiger partial charge in [-0.25, -0.2) is 8.78 Å². The minimum Gasteiger partial charge on any atom is -0.323 e. The molecule has 5 nitrogen and oxygen atoms in total. The minimum absolute atomic E-state index is 0.00863. The maximum atomic E-state index is 13.0. The predicted molar refractivity (Wildman–Crippen MR) is 66.4 cm³/mol. The van der Waals surface area contributed by atoms with Gasteiger partial charge < -0.3 is 10.7 Å². The lowest BCUT2D eigenvalue weighted by Gasteiger charge is -2.09. The number of aromatic nitrogens is 1. The first-order chi connectivity index (χ1) is 9.10. The van der Waals surface area contributed by atoms with Gasteiger partial charge in [0.15, 0.2) is 0 Å². The van der Waals surface area contributed by atoms with Crippen molar-refractivity contribution in [1.29, 1.82) is 0 Å². The Labute approximate surface area is 107 Å². The van der Waals surface area contributed by atoms with Gasteiger partial charge in [0.2, 0.25) is 0 Å². The maximum absolute atomic E-state index is 13.0. The van der Waals surface area contributed by atoms with Crippen molar-refractivity contribution in [2.24, 2.45) is 5.84 Å². The SMILES string of the molecule is NNc1ccncc1C(=O)Nc1cc(F)cc(F)c1. The number of hydrogen-bond acceptors (Lipinski definition) is 4. The van der Waals surface area contributed by atoms with Gasteiger partial charge in [-0.2, -0.15) is 0 Å². The van der Waals surface area contributed by atoms with Gasteiger partial charge in [0.1, 0.15) is 11.6 Å². The Morgan fingerprint density at radius 3 is 2.53 bits per heavy atom. The Balaban J connectivity index is 2.25. The lowest BCUT2D eigenvalue weighted by molar-refractivity contribution is 0.102. The summed E-state index contributed by atoms with van der Waals surface area (Å²) < 4.78 is 26.0. The molecule has 0 atom stereocenters. The Kier molecular flexibility index (Phi) is 3.67. The van der Waals surface area contributed by atoms with E-state index in [1.54, 1.807) is 0 Å². The Bertz CT molecular complexity index is 598. The number of benzene rings is 1. The number of hydrazine groups is 1. The summed E-state index contributed by atoms with van der Waals surface area (Å²) >= 11 is 0. The summed E-state index contributed by atoms with van der Waals surface area (Å²) in [5.41, 5.74) is 2.86. The van der Waals surface area contributed by atoms with E-state index in [1.807, 2.05) is 0 Å². The van der Waals surface area contributed by atoms with E-state index in [0.717, 1.165) is 12.1 Å². The summed E-state index contributed by atoms with van der Waals surface area (Å²) in [5, 5.41) is 2.36. The van der Waals surface area contributed by atoms with Crippen LogP contribution < -0.4 is 16.6 Å². The smallest absolute Gasteiger partial charge is 0.259 e. The second-order valence-electron chi connectivity index (χ2n) is 3.68. The van der Waals surface area contributed by atoms with E-state index < -0.39 is 17.5 Å². The molecule has 0 radical (unpaired) electrons. The standard InChI is InChI=1S/C12H10F2N4O/c13-7-3-8(14)5-9(4-7)17-12(19)10-6-16-2-1-11(10)18-15/h1-6H,15H2,(H,16,18)(H,17,19). The number of nitrogens with two attached hydrogens (primary N) is 1. The molecule has 0 unspecified atom stereocenters. The number of nitrogens with zero attached hydrogens (tertiary/aromatic N) is 1. The average molecular weight is 264 g/mol. The fourth-order valence-electron chi connectivity index (χ4n) is 1.53. The topological polar surface area (TPSA) is 80.0 Å². The fourth-order valence-corrected chi connectivity index (χ4v) is 1.53. The van der Waals surface area contributed by atoms with Crippen molar-refractivity contribution in [1.82, 2.24) is 4.98 Å². The van der Waals surface area contributed by atoms with E-state index in [2.05, 4.69) is 15.7 Å². The van der Waals surface area contributed by atoms with Gasteiger partial charge in [0.05, 0.1) is 11.3 Å².